The zero-order valence-corrected chi connectivity index (χ0v) is 14.8. The molecule has 2 N–H and O–H groups in total. The number of carbonyl (C=O) groups excluding carboxylic acids is 1. The van der Waals surface area contributed by atoms with Gasteiger partial charge in [0.15, 0.2) is 0 Å². The number of anilines is 1. The van der Waals surface area contributed by atoms with Crippen LogP contribution >= 0.6 is 23.2 Å². The van der Waals surface area contributed by atoms with Gasteiger partial charge in [0, 0.05) is 12.1 Å². The van der Waals surface area contributed by atoms with Crippen molar-refractivity contribution >= 4 is 44.8 Å². The van der Waals surface area contributed by atoms with Crippen molar-refractivity contribution in [2.45, 2.75) is 4.90 Å². The van der Waals surface area contributed by atoms with Crippen LogP contribution in [0.25, 0.3) is 0 Å². The van der Waals surface area contributed by atoms with E-state index in [1.54, 1.807) is 18.2 Å². The number of hydrogen-bond acceptors (Lipinski definition) is 3. The van der Waals surface area contributed by atoms with E-state index in [0.29, 0.717) is 10.7 Å². The first kappa shape index (κ1) is 18.5. The Balaban J connectivity index is 2.17. The van der Waals surface area contributed by atoms with Gasteiger partial charge in [0.05, 0.1) is 20.6 Å². The lowest BCUT2D eigenvalue weighted by Crippen LogP contribution is -2.23. The summed E-state index contributed by atoms with van der Waals surface area (Å²) < 4.78 is 26.3. The number of halogens is 2. The molecule has 0 aliphatic rings. The molecule has 0 saturated heterocycles. The van der Waals surface area contributed by atoms with E-state index in [-0.39, 0.29) is 22.0 Å². The molecule has 0 aromatic heterocycles. The molecule has 5 nitrogen and oxygen atoms in total. The van der Waals surface area contributed by atoms with Crippen LogP contribution in [0.3, 0.4) is 0 Å². The minimum atomic E-state index is -3.63. The first-order valence-corrected chi connectivity index (χ1v) is 9.05. The van der Waals surface area contributed by atoms with Gasteiger partial charge >= 0.3 is 0 Å². The third-order valence-electron chi connectivity index (χ3n) is 3.04. The SMILES string of the molecule is C=CCNS(=O)(=O)c1ccc(C(=O)Nc2cccc(Cl)c2Cl)cc1. The van der Waals surface area contributed by atoms with Gasteiger partial charge in [-0.15, -0.1) is 6.58 Å². The first-order chi connectivity index (χ1) is 11.3. The fourth-order valence-electron chi connectivity index (χ4n) is 1.83. The Morgan fingerprint density at radius 3 is 2.42 bits per heavy atom. The maximum atomic E-state index is 12.2. The highest BCUT2D eigenvalue weighted by atomic mass is 35.5. The van der Waals surface area contributed by atoms with E-state index in [1.807, 2.05) is 0 Å². The van der Waals surface area contributed by atoms with Crippen LogP contribution in [0.15, 0.2) is 60.0 Å². The molecule has 2 aromatic carbocycles. The van der Waals surface area contributed by atoms with E-state index in [9.17, 15) is 13.2 Å². The number of sulfonamides is 1. The molecule has 1 amide bonds. The lowest BCUT2D eigenvalue weighted by molar-refractivity contribution is 0.102. The Morgan fingerprint density at radius 1 is 1.12 bits per heavy atom. The van der Waals surface area contributed by atoms with Crippen molar-refractivity contribution in [3.05, 3.63) is 70.7 Å². The summed E-state index contributed by atoms with van der Waals surface area (Å²) in [5.41, 5.74) is 0.659. The third kappa shape index (κ3) is 4.36. The number of amides is 1. The van der Waals surface area contributed by atoms with Gasteiger partial charge < -0.3 is 5.32 Å². The fraction of sp³-hybridized carbons (Fsp3) is 0.0625. The highest BCUT2D eigenvalue weighted by Crippen LogP contribution is 2.29. The van der Waals surface area contributed by atoms with Gasteiger partial charge in [-0.05, 0) is 36.4 Å². The predicted molar refractivity (Wildman–Crippen MR) is 96.2 cm³/mol. The van der Waals surface area contributed by atoms with E-state index >= 15 is 0 Å². The normalized spacial score (nSPS) is 11.1. The minimum Gasteiger partial charge on any atom is -0.321 e. The van der Waals surface area contributed by atoms with E-state index in [4.69, 9.17) is 23.2 Å². The molecule has 0 heterocycles. The summed E-state index contributed by atoms with van der Waals surface area (Å²) in [6.45, 7) is 3.57. The van der Waals surface area contributed by atoms with Gasteiger partial charge in [0.25, 0.3) is 5.91 Å². The quantitative estimate of drug-likeness (QED) is 0.745. The first-order valence-electron chi connectivity index (χ1n) is 6.81. The molecule has 0 spiro atoms. The summed E-state index contributed by atoms with van der Waals surface area (Å²) in [4.78, 5) is 12.3. The fourth-order valence-corrected chi connectivity index (χ4v) is 3.18. The van der Waals surface area contributed by atoms with Crippen LogP contribution < -0.4 is 10.0 Å². The second kappa shape index (κ2) is 7.81. The van der Waals surface area contributed by atoms with Crippen LogP contribution in [0.2, 0.25) is 10.0 Å². The highest BCUT2D eigenvalue weighted by Gasteiger charge is 2.15. The van der Waals surface area contributed by atoms with E-state index in [0.717, 1.165) is 0 Å². The molecule has 0 fully saturated rings. The molecule has 0 atom stereocenters. The summed E-state index contributed by atoms with van der Waals surface area (Å²) in [6.07, 6.45) is 1.44. The maximum Gasteiger partial charge on any atom is 0.255 e. The second-order valence-corrected chi connectivity index (χ2v) is 7.27. The molecule has 0 aliphatic carbocycles. The largest absolute Gasteiger partial charge is 0.321 e. The molecular formula is C16H14Cl2N2O3S. The molecule has 8 heteroatoms. The molecule has 0 radical (unpaired) electrons. The van der Waals surface area contributed by atoms with E-state index in [2.05, 4.69) is 16.6 Å². The maximum absolute atomic E-state index is 12.2. The number of carbonyl (C=O) groups is 1. The van der Waals surface area contributed by atoms with E-state index in [1.165, 1.54) is 30.3 Å². The smallest absolute Gasteiger partial charge is 0.255 e. The number of nitrogens with one attached hydrogen (secondary N) is 2. The Morgan fingerprint density at radius 2 is 1.79 bits per heavy atom. The van der Waals surface area contributed by atoms with Crippen LogP contribution in [0.5, 0.6) is 0 Å². The summed E-state index contributed by atoms with van der Waals surface area (Å²) in [6, 6.07) is 10.4. The molecule has 2 rings (SSSR count). The third-order valence-corrected chi connectivity index (χ3v) is 5.30. The Labute approximate surface area is 150 Å². The van der Waals surface area contributed by atoms with Crippen molar-refractivity contribution in [2.75, 3.05) is 11.9 Å². The number of hydrogen-bond donors (Lipinski definition) is 2. The standard InChI is InChI=1S/C16H14Cl2N2O3S/c1-2-10-19-24(22,23)12-8-6-11(7-9-12)16(21)20-14-5-3-4-13(17)15(14)18/h2-9,19H,1,10H2,(H,20,21). The Hall–Kier alpha value is -1.86. The van der Waals surface area contributed by atoms with Crippen molar-refractivity contribution in [3.63, 3.8) is 0 Å². The van der Waals surface area contributed by atoms with Gasteiger partial charge in [-0.3, -0.25) is 4.79 Å². The van der Waals surface area contributed by atoms with Gasteiger partial charge in [-0.2, -0.15) is 0 Å². The van der Waals surface area contributed by atoms with Crippen molar-refractivity contribution in [3.8, 4) is 0 Å². The monoisotopic (exact) mass is 384 g/mol. The van der Waals surface area contributed by atoms with Gasteiger partial charge in [-0.25, -0.2) is 13.1 Å². The van der Waals surface area contributed by atoms with Crippen LogP contribution in [-0.2, 0) is 10.0 Å². The molecule has 0 unspecified atom stereocenters. The molecule has 0 saturated carbocycles. The van der Waals surface area contributed by atoms with Gasteiger partial charge in [0.2, 0.25) is 10.0 Å². The average molecular weight is 385 g/mol. The van der Waals surface area contributed by atoms with E-state index < -0.39 is 15.9 Å². The predicted octanol–water partition coefficient (Wildman–Crippen LogP) is 3.71. The topological polar surface area (TPSA) is 75.3 Å². The number of rotatable bonds is 6. The van der Waals surface area contributed by atoms with Crippen LogP contribution in [0.4, 0.5) is 5.69 Å². The summed E-state index contributed by atoms with van der Waals surface area (Å²) in [5, 5.41) is 3.19. The van der Waals surface area contributed by atoms with Gasteiger partial charge in [0.1, 0.15) is 0 Å². The number of benzene rings is 2. The van der Waals surface area contributed by atoms with Crippen molar-refractivity contribution in [2.24, 2.45) is 0 Å². The minimum absolute atomic E-state index is 0.0571. The van der Waals surface area contributed by atoms with Crippen LogP contribution in [0, 0.1) is 0 Å². The molecular weight excluding hydrogens is 371 g/mol. The van der Waals surface area contributed by atoms with Crippen LogP contribution in [-0.4, -0.2) is 20.9 Å². The second-order valence-electron chi connectivity index (χ2n) is 4.72. The van der Waals surface area contributed by atoms with Gasteiger partial charge in [-0.1, -0.05) is 35.3 Å². The molecule has 0 bridgehead atoms. The summed E-state index contributed by atoms with van der Waals surface area (Å²) in [5.74, 6) is -0.429. The van der Waals surface area contributed by atoms with Crippen molar-refractivity contribution < 1.29 is 13.2 Å². The lowest BCUT2D eigenvalue weighted by Gasteiger charge is -2.09. The molecule has 2 aromatic rings. The zero-order valence-electron chi connectivity index (χ0n) is 12.4. The highest BCUT2D eigenvalue weighted by molar-refractivity contribution is 7.89. The molecule has 24 heavy (non-hydrogen) atoms. The van der Waals surface area contributed by atoms with Crippen LogP contribution in [0.1, 0.15) is 10.4 Å². The summed E-state index contributed by atoms with van der Waals surface area (Å²) >= 11 is 11.9. The molecule has 126 valence electrons. The Kier molecular flexibility index (Phi) is 6.01. The van der Waals surface area contributed by atoms with Crippen molar-refractivity contribution in [1.82, 2.24) is 4.72 Å². The molecule has 0 aliphatic heterocycles. The van der Waals surface area contributed by atoms with Crippen molar-refractivity contribution in [1.29, 1.82) is 0 Å². The lowest BCUT2D eigenvalue weighted by atomic mass is 10.2. The zero-order chi connectivity index (χ0) is 17.7. The Bertz CT molecular complexity index is 865. The summed E-state index contributed by atoms with van der Waals surface area (Å²) in [7, 11) is -3.63. The average Bonchev–Trinajstić information content (AvgIpc) is 2.57.